The first-order valence-electron chi connectivity index (χ1n) is 10.6. The van der Waals surface area contributed by atoms with Crippen molar-refractivity contribution in [3.63, 3.8) is 0 Å². The zero-order valence-electron chi connectivity index (χ0n) is 19.3. The average Bonchev–Trinajstić information content (AvgIpc) is 2.79. The summed E-state index contributed by atoms with van der Waals surface area (Å²) in [6, 6.07) is 17.5. The number of anilines is 1. The number of carbonyl (C=O) groups excluding carboxylic acids is 2. The van der Waals surface area contributed by atoms with E-state index < -0.39 is 23.6 Å². The molecular formula is C26H29N3O4. The Hall–Kier alpha value is -3.87. The van der Waals surface area contributed by atoms with Crippen molar-refractivity contribution in [2.45, 2.75) is 38.8 Å². The fourth-order valence-electron chi connectivity index (χ4n) is 3.39. The number of primary amides is 1. The summed E-state index contributed by atoms with van der Waals surface area (Å²) in [6.45, 7) is 5.33. The van der Waals surface area contributed by atoms with Crippen molar-refractivity contribution in [3.05, 3.63) is 78.6 Å². The van der Waals surface area contributed by atoms with Crippen molar-refractivity contribution in [2.75, 3.05) is 12.0 Å². The first-order chi connectivity index (χ1) is 15.7. The van der Waals surface area contributed by atoms with Crippen LogP contribution in [0.2, 0.25) is 0 Å². The van der Waals surface area contributed by atoms with Crippen molar-refractivity contribution in [1.29, 1.82) is 0 Å². The van der Waals surface area contributed by atoms with Gasteiger partial charge in [0, 0.05) is 24.5 Å². The highest BCUT2D eigenvalue weighted by atomic mass is 16.6. The molecule has 0 spiro atoms. The van der Waals surface area contributed by atoms with Crippen LogP contribution in [0.1, 0.15) is 26.3 Å². The normalized spacial score (nSPS) is 12.0. The van der Waals surface area contributed by atoms with E-state index in [0.717, 1.165) is 16.7 Å². The Morgan fingerprint density at radius 1 is 0.939 bits per heavy atom. The quantitative estimate of drug-likeness (QED) is 0.571. The Balaban J connectivity index is 1.97. The molecule has 2 aromatic carbocycles. The zero-order chi connectivity index (χ0) is 24.0. The third-order valence-electron chi connectivity index (χ3n) is 4.98. The van der Waals surface area contributed by atoms with E-state index in [9.17, 15) is 9.59 Å². The summed E-state index contributed by atoms with van der Waals surface area (Å²) in [4.78, 5) is 31.1. The van der Waals surface area contributed by atoms with Gasteiger partial charge in [-0.15, -0.1) is 0 Å². The standard InChI is InChI=1S/C26H29N3O4/c1-26(2,3)33-25(31)29(21-9-7-19(8-10-21)20-13-15-28-16-14-20)23(24(27)30)17-18-5-11-22(32-4)12-6-18/h5-16,23H,17H2,1-4H3,(H2,27,30)/t23-/m0/s1. The fraction of sp³-hybridized carbons (Fsp3) is 0.269. The predicted octanol–water partition coefficient (Wildman–Crippen LogP) is 4.60. The van der Waals surface area contributed by atoms with Crippen molar-refractivity contribution >= 4 is 17.7 Å². The third-order valence-corrected chi connectivity index (χ3v) is 4.98. The monoisotopic (exact) mass is 447 g/mol. The second kappa shape index (κ2) is 10.2. The van der Waals surface area contributed by atoms with Gasteiger partial charge in [-0.05, 0) is 73.9 Å². The van der Waals surface area contributed by atoms with Gasteiger partial charge < -0.3 is 15.2 Å². The van der Waals surface area contributed by atoms with Gasteiger partial charge in [-0.25, -0.2) is 4.79 Å². The van der Waals surface area contributed by atoms with Gasteiger partial charge in [-0.1, -0.05) is 24.3 Å². The molecule has 7 nitrogen and oxygen atoms in total. The van der Waals surface area contributed by atoms with E-state index in [1.165, 1.54) is 4.90 Å². The number of nitrogens with zero attached hydrogens (tertiary/aromatic N) is 2. The van der Waals surface area contributed by atoms with Gasteiger partial charge in [-0.3, -0.25) is 14.7 Å². The predicted molar refractivity (Wildman–Crippen MR) is 128 cm³/mol. The number of nitrogens with two attached hydrogens (primary N) is 1. The van der Waals surface area contributed by atoms with Gasteiger partial charge in [0.1, 0.15) is 17.4 Å². The van der Waals surface area contributed by atoms with Crippen LogP contribution in [-0.4, -0.2) is 35.7 Å². The number of pyridine rings is 1. The minimum atomic E-state index is -0.944. The highest BCUT2D eigenvalue weighted by Crippen LogP contribution is 2.27. The number of hydrogen-bond acceptors (Lipinski definition) is 5. The van der Waals surface area contributed by atoms with Crippen molar-refractivity contribution < 1.29 is 19.1 Å². The molecule has 2 amide bonds. The first-order valence-corrected chi connectivity index (χ1v) is 10.6. The minimum Gasteiger partial charge on any atom is -0.497 e. The van der Waals surface area contributed by atoms with Crippen LogP contribution < -0.4 is 15.4 Å². The summed E-state index contributed by atoms with van der Waals surface area (Å²) in [6.07, 6.45) is 3.02. The molecule has 0 unspecified atom stereocenters. The second-order valence-electron chi connectivity index (χ2n) is 8.60. The molecule has 0 aliphatic heterocycles. The molecule has 0 radical (unpaired) electrons. The molecule has 1 aromatic heterocycles. The van der Waals surface area contributed by atoms with E-state index in [2.05, 4.69) is 4.98 Å². The Morgan fingerprint density at radius 3 is 2.03 bits per heavy atom. The van der Waals surface area contributed by atoms with E-state index in [0.29, 0.717) is 11.4 Å². The Kier molecular flexibility index (Phi) is 7.33. The van der Waals surface area contributed by atoms with E-state index in [1.54, 1.807) is 64.5 Å². The van der Waals surface area contributed by atoms with Crippen molar-refractivity contribution in [3.8, 4) is 16.9 Å². The molecule has 7 heteroatoms. The SMILES string of the molecule is COc1ccc(C[C@@H](C(N)=O)N(C(=O)OC(C)(C)C)c2ccc(-c3ccncc3)cc2)cc1. The lowest BCUT2D eigenvalue weighted by atomic mass is 10.0. The fourth-order valence-corrected chi connectivity index (χ4v) is 3.39. The lowest BCUT2D eigenvalue weighted by molar-refractivity contribution is -0.119. The number of rotatable bonds is 7. The highest BCUT2D eigenvalue weighted by molar-refractivity contribution is 5.97. The van der Waals surface area contributed by atoms with Crippen LogP contribution in [0.3, 0.4) is 0 Å². The van der Waals surface area contributed by atoms with E-state index in [4.69, 9.17) is 15.2 Å². The zero-order valence-corrected chi connectivity index (χ0v) is 19.3. The van der Waals surface area contributed by atoms with E-state index >= 15 is 0 Å². The maximum absolute atomic E-state index is 13.2. The van der Waals surface area contributed by atoms with Gasteiger partial charge in [0.25, 0.3) is 0 Å². The topological polar surface area (TPSA) is 94.8 Å². The Labute approximate surface area is 194 Å². The van der Waals surface area contributed by atoms with Crippen LogP contribution in [0, 0.1) is 0 Å². The molecule has 0 fully saturated rings. The summed E-state index contributed by atoms with van der Waals surface area (Å²) in [5.41, 5.74) is 8.33. The Morgan fingerprint density at radius 2 is 1.52 bits per heavy atom. The molecule has 172 valence electrons. The number of hydrogen-bond donors (Lipinski definition) is 1. The van der Waals surface area contributed by atoms with Crippen LogP contribution >= 0.6 is 0 Å². The first kappa shape index (κ1) is 23.8. The summed E-state index contributed by atoms with van der Waals surface area (Å²) >= 11 is 0. The number of ether oxygens (including phenoxy) is 2. The molecule has 0 aliphatic rings. The molecule has 2 N–H and O–H groups in total. The largest absolute Gasteiger partial charge is 0.497 e. The summed E-state index contributed by atoms with van der Waals surface area (Å²) in [5.74, 6) is 0.0694. The summed E-state index contributed by atoms with van der Waals surface area (Å²) < 4.78 is 10.8. The van der Waals surface area contributed by atoms with Crippen molar-refractivity contribution in [1.82, 2.24) is 4.98 Å². The maximum Gasteiger partial charge on any atom is 0.415 e. The average molecular weight is 448 g/mol. The number of aromatic nitrogens is 1. The molecule has 3 rings (SSSR count). The van der Waals surface area contributed by atoms with E-state index in [-0.39, 0.29) is 6.42 Å². The summed E-state index contributed by atoms with van der Waals surface area (Å²) in [5, 5.41) is 0. The van der Waals surface area contributed by atoms with Crippen molar-refractivity contribution in [2.24, 2.45) is 5.73 Å². The lowest BCUT2D eigenvalue weighted by Crippen LogP contribution is -2.51. The minimum absolute atomic E-state index is 0.227. The molecule has 3 aromatic rings. The molecule has 0 saturated heterocycles. The van der Waals surface area contributed by atoms with Crippen LogP contribution in [-0.2, 0) is 16.0 Å². The number of amides is 2. The highest BCUT2D eigenvalue weighted by Gasteiger charge is 2.33. The smallest absolute Gasteiger partial charge is 0.415 e. The Bertz CT molecular complexity index is 1080. The van der Waals surface area contributed by atoms with Gasteiger partial charge >= 0.3 is 6.09 Å². The third kappa shape index (κ3) is 6.32. The molecular weight excluding hydrogens is 418 g/mol. The van der Waals surface area contributed by atoms with Crippen LogP contribution in [0.5, 0.6) is 5.75 Å². The molecule has 1 heterocycles. The molecule has 33 heavy (non-hydrogen) atoms. The summed E-state index contributed by atoms with van der Waals surface area (Å²) in [7, 11) is 1.58. The molecule has 0 aliphatic carbocycles. The van der Waals surface area contributed by atoms with Gasteiger partial charge in [-0.2, -0.15) is 0 Å². The van der Waals surface area contributed by atoms with Crippen LogP contribution in [0.15, 0.2) is 73.1 Å². The molecule has 0 bridgehead atoms. The van der Waals surface area contributed by atoms with Gasteiger partial charge in [0.05, 0.1) is 7.11 Å². The van der Waals surface area contributed by atoms with Crippen LogP contribution in [0.4, 0.5) is 10.5 Å². The van der Waals surface area contributed by atoms with E-state index in [1.807, 2.05) is 36.4 Å². The number of carbonyl (C=O) groups is 2. The number of methoxy groups -OCH3 is 1. The lowest BCUT2D eigenvalue weighted by Gasteiger charge is -2.32. The number of benzene rings is 2. The van der Waals surface area contributed by atoms with Crippen LogP contribution in [0.25, 0.3) is 11.1 Å². The second-order valence-corrected chi connectivity index (χ2v) is 8.60. The molecule has 1 atom stereocenters. The van der Waals surface area contributed by atoms with Gasteiger partial charge in [0.15, 0.2) is 0 Å². The molecule has 0 saturated carbocycles. The van der Waals surface area contributed by atoms with Gasteiger partial charge in [0.2, 0.25) is 5.91 Å². The maximum atomic E-state index is 13.2.